The van der Waals surface area contributed by atoms with E-state index in [0.29, 0.717) is 18.7 Å². The first-order valence-corrected chi connectivity index (χ1v) is 10.5. The van der Waals surface area contributed by atoms with Crippen molar-refractivity contribution in [1.82, 2.24) is 14.9 Å². The Hall–Kier alpha value is -1.55. The number of likely N-dealkylation sites (N-methyl/N-ethyl adjacent to an activating group) is 1. The summed E-state index contributed by atoms with van der Waals surface area (Å²) in [6.07, 6.45) is 1.28. The van der Waals surface area contributed by atoms with Gasteiger partial charge >= 0.3 is 0 Å². The van der Waals surface area contributed by atoms with Crippen LogP contribution < -0.4 is 9.64 Å². The summed E-state index contributed by atoms with van der Waals surface area (Å²) in [6, 6.07) is 1.46. The van der Waals surface area contributed by atoms with Crippen LogP contribution in [0, 0.1) is 0 Å². The van der Waals surface area contributed by atoms with Gasteiger partial charge in [0, 0.05) is 51.3 Å². The highest BCUT2D eigenvalue weighted by Crippen LogP contribution is 2.36. The van der Waals surface area contributed by atoms with E-state index < -0.39 is 15.8 Å². The van der Waals surface area contributed by atoms with E-state index in [1.807, 2.05) is 7.05 Å². The molecule has 2 heterocycles. The largest absolute Gasteiger partial charge is 0.471 e. The zero-order chi connectivity index (χ0) is 19.1. The van der Waals surface area contributed by atoms with Crippen molar-refractivity contribution in [3.8, 4) is 5.88 Å². The van der Waals surface area contributed by atoms with Crippen LogP contribution in [0.15, 0.2) is 11.2 Å². The molecule has 0 aromatic carbocycles. The number of rotatable bonds is 5. The molecule has 1 aromatic rings. The van der Waals surface area contributed by atoms with Crippen molar-refractivity contribution in [2.75, 3.05) is 38.3 Å². The van der Waals surface area contributed by atoms with Gasteiger partial charge in [-0.05, 0) is 19.9 Å². The first kappa shape index (κ1) is 19.2. The number of likely N-dealkylation sites (tertiary alicyclic amines) is 1. The second kappa shape index (κ2) is 6.88. The number of sulfone groups is 1. The highest BCUT2D eigenvalue weighted by Gasteiger charge is 2.37. The standard InChI is InChI=1S/C16H24F2N4O3S/c1-21-9-12(10-21)25-14-8-13(19-15(20-14)26(3,23)24)22(2)11-4-6-16(17,18)7-5-11/h8,11-12H,4-7,9-10H2,1-3H3. The second-order valence-electron chi connectivity index (χ2n) is 7.28. The molecule has 0 amide bonds. The summed E-state index contributed by atoms with van der Waals surface area (Å²) >= 11 is 0. The van der Waals surface area contributed by atoms with Gasteiger partial charge in [-0.1, -0.05) is 0 Å². The van der Waals surface area contributed by atoms with Crippen LogP contribution in [0.2, 0.25) is 0 Å². The molecule has 1 aliphatic heterocycles. The quantitative estimate of drug-likeness (QED) is 0.707. The fourth-order valence-electron chi connectivity index (χ4n) is 3.29. The number of ether oxygens (including phenoxy) is 1. The first-order chi connectivity index (χ1) is 12.0. The smallest absolute Gasteiger partial charge is 0.252 e. The molecular formula is C16H24F2N4O3S. The highest BCUT2D eigenvalue weighted by atomic mass is 32.2. The van der Waals surface area contributed by atoms with E-state index in [2.05, 4.69) is 14.9 Å². The SMILES string of the molecule is CN1CC(Oc2cc(N(C)C3CCC(F)(F)CC3)nc(S(C)(=O)=O)n2)C1. The number of alkyl halides is 2. The average molecular weight is 390 g/mol. The van der Waals surface area contributed by atoms with Crippen molar-refractivity contribution in [3.63, 3.8) is 0 Å². The molecule has 1 saturated carbocycles. The number of halogens is 2. The molecule has 7 nitrogen and oxygen atoms in total. The molecule has 3 rings (SSSR count). The molecule has 2 aliphatic rings. The first-order valence-electron chi connectivity index (χ1n) is 8.58. The maximum absolute atomic E-state index is 13.4. The summed E-state index contributed by atoms with van der Waals surface area (Å²) in [5, 5.41) is -0.314. The van der Waals surface area contributed by atoms with Crippen molar-refractivity contribution in [2.24, 2.45) is 0 Å². The maximum atomic E-state index is 13.4. The van der Waals surface area contributed by atoms with Crippen molar-refractivity contribution < 1.29 is 21.9 Å². The summed E-state index contributed by atoms with van der Waals surface area (Å²) in [5.74, 6) is -2.05. The van der Waals surface area contributed by atoms with Gasteiger partial charge in [0.05, 0.1) is 0 Å². The van der Waals surface area contributed by atoms with E-state index in [1.54, 1.807) is 18.0 Å². The van der Waals surface area contributed by atoms with Gasteiger partial charge in [-0.2, -0.15) is 4.98 Å². The van der Waals surface area contributed by atoms with Gasteiger partial charge in [-0.25, -0.2) is 22.2 Å². The van der Waals surface area contributed by atoms with Crippen LogP contribution >= 0.6 is 0 Å². The van der Waals surface area contributed by atoms with Gasteiger partial charge < -0.3 is 9.64 Å². The van der Waals surface area contributed by atoms with E-state index in [-0.39, 0.29) is 36.0 Å². The molecule has 0 unspecified atom stereocenters. The molecule has 0 atom stereocenters. The third-order valence-corrected chi connectivity index (χ3v) is 5.76. The lowest BCUT2D eigenvalue weighted by Gasteiger charge is -2.36. The maximum Gasteiger partial charge on any atom is 0.252 e. The fourth-order valence-corrected chi connectivity index (χ4v) is 3.80. The minimum absolute atomic E-state index is 0.0474. The molecule has 10 heteroatoms. The van der Waals surface area contributed by atoms with Crippen LogP contribution in [-0.4, -0.2) is 74.8 Å². The average Bonchev–Trinajstić information content (AvgIpc) is 2.51. The summed E-state index contributed by atoms with van der Waals surface area (Å²) in [6.45, 7) is 1.47. The normalized spacial score (nSPS) is 22.0. The Morgan fingerprint density at radius 1 is 1.27 bits per heavy atom. The third-order valence-electron chi connectivity index (χ3n) is 4.91. The van der Waals surface area contributed by atoms with E-state index >= 15 is 0 Å². The van der Waals surface area contributed by atoms with E-state index in [4.69, 9.17) is 4.74 Å². The number of aromatic nitrogens is 2. The lowest BCUT2D eigenvalue weighted by atomic mass is 9.91. The topological polar surface area (TPSA) is 75.6 Å². The zero-order valence-electron chi connectivity index (χ0n) is 15.2. The van der Waals surface area contributed by atoms with Crippen LogP contribution in [0.5, 0.6) is 5.88 Å². The number of hydrogen-bond donors (Lipinski definition) is 0. The molecule has 0 radical (unpaired) electrons. The Morgan fingerprint density at radius 2 is 1.88 bits per heavy atom. The Morgan fingerprint density at radius 3 is 2.42 bits per heavy atom. The van der Waals surface area contributed by atoms with Crippen LogP contribution in [0.3, 0.4) is 0 Å². The second-order valence-corrected chi connectivity index (χ2v) is 9.19. The van der Waals surface area contributed by atoms with E-state index in [9.17, 15) is 17.2 Å². The van der Waals surface area contributed by atoms with Crippen LogP contribution in [0.25, 0.3) is 0 Å². The third kappa shape index (κ3) is 4.40. The summed E-state index contributed by atoms with van der Waals surface area (Å²) < 4.78 is 56.4. The summed E-state index contributed by atoms with van der Waals surface area (Å²) in [7, 11) is 0.0725. The minimum atomic E-state index is -3.63. The Balaban J connectivity index is 1.82. The molecule has 26 heavy (non-hydrogen) atoms. The molecule has 1 saturated heterocycles. The predicted octanol–water partition coefficient (Wildman–Crippen LogP) is 1.59. The molecule has 2 fully saturated rings. The molecule has 146 valence electrons. The fraction of sp³-hybridized carbons (Fsp3) is 0.750. The molecule has 0 N–H and O–H groups in total. The number of anilines is 1. The van der Waals surface area contributed by atoms with Gasteiger partial charge in [-0.15, -0.1) is 0 Å². The van der Waals surface area contributed by atoms with E-state index in [1.165, 1.54) is 0 Å². The predicted molar refractivity (Wildman–Crippen MR) is 92.7 cm³/mol. The lowest BCUT2D eigenvalue weighted by molar-refractivity contribution is -0.0378. The van der Waals surface area contributed by atoms with Crippen molar-refractivity contribution >= 4 is 15.7 Å². The van der Waals surface area contributed by atoms with Crippen LogP contribution in [0.1, 0.15) is 25.7 Å². The Labute approximate surface area is 152 Å². The summed E-state index contributed by atoms with van der Waals surface area (Å²) in [5.41, 5.74) is 0. The van der Waals surface area contributed by atoms with Crippen molar-refractivity contribution in [1.29, 1.82) is 0 Å². The lowest BCUT2D eigenvalue weighted by Crippen LogP contribution is -2.51. The van der Waals surface area contributed by atoms with Gasteiger partial charge in [0.1, 0.15) is 11.9 Å². The zero-order valence-corrected chi connectivity index (χ0v) is 16.0. The van der Waals surface area contributed by atoms with Gasteiger partial charge in [-0.3, -0.25) is 4.90 Å². The molecule has 0 spiro atoms. The molecule has 1 aliphatic carbocycles. The molecular weight excluding hydrogens is 366 g/mol. The van der Waals surface area contributed by atoms with Gasteiger partial charge in [0.25, 0.3) is 5.16 Å². The Bertz CT molecular complexity index is 759. The number of hydrogen-bond acceptors (Lipinski definition) is 7. The van der Waals surface area contributed by atoms with Crippen LogP contribution in [-0.2, 0) is 9.84 Å². The monoisotopic (exact) mass is 390 g/mol. The van der Waals surface area contributed by atoms with Gasteiger partial charge in [0.15, 0.2) is 0 Å². The van der Waals surface area contributed by atoms with Crippen LogP contribution in [0.4, 0.5) is 14.6 Å². The molecule has 0 bridgehead atoms. The van der Waals surface area contributed by atoms with E-state index in [0.717, 1.165) is 19.3 Å². The van der Waals surface area contributed by atoms with Gasteiger partial charge in [0.2, 0.25) is 21.6 Å². The Kier molecular flexibility index (Phi) is 5.08. The minimum Gasteiger partial charge on any atom is -0.471 e. The molecule has 1 aromatic heterocycles. The van der Waals surface area contributed by atoms with Crippen molar-refractivity contribution in [2.45, 2.75) is 48.9 Å². The van der Waals surface area contributed by atoms with Crippen molar-refractivity contribution in [3.05, 3.63) is 6.07 Å². The number of nitrogens with zero attached hydrogens (tertiary/aromatic N) is 4. The summed E-state index contributed by atoms with van der Waals surface area (Å²) in [4.78, 5) is 12.0. The highest BCUT2D eigenvalue weighted by molar-refractivity contribution is 7.90.